The number of nitrogens with one attached hydrogen (secondary N) is 1. The maximum absolute atomic E-state index is 5.37. The average molecular weight is 338 g/mol. The molecule has 0 aliphatic heterocycles. The predicted molar refractivity (Wildman–Crippen MR) is 85.1 cm³/mol. The fourth-order valence-corrected chi connectivity index (χ4v) is 3.03. The van der Waals surface area contributed by atoms with E-state index in [9.17, 15) is 0 Å². The smallest absolute Gasteiger partial charge is 0.122 e. The largest absolute Gasteiger partial charge is 0.496 e. The zero-order chi connectivity index (χ0) is 14.9. The molecule has 2 aromatic rings. The van der Waals surface area contributed by atoms with E-state index in [-0.39, 0.29) is 0 Å². The van der Waals surface area contributed by atoms with Gasteiger partial charge in [0.2, 0.25) is 0 Å². The van der Waals surface area contributed by atoms with E-state index in [1.54, 1.807) is 7.11 Å². The molecular formula is C15H20BrN3O. The van der Waals surface area contributed by atoms with E-state index < -0.39 is 0 Å². The minimum absolute atomic E-state index is 0.776. The summed E-state index contributed by atoms with van der Waals surface area (Å²) in [7, 11) is 5.59. The Balaban J connectivity index is 2.58. The lowest BCUT2D eigenvalue weighted by Gasteiger charge is -2.11. The minimum Gasteiger partial charge on any atom is -0.496 e. The number of aromatic nitrogens is 2. The third kappa shape index (κ3) is 2.47. The molecular weight excluding hydrogens is 318 g/mol. The molecule has 20 heavy (non-hydrogen) atoms. The fourth-order valence-electron chi connectivity index (χ4n) is 2.34. The molecule has 0 saturated heterocycles. The second kappa shape index (κ2) is 5.97. The van der Waals surface area contributed by atoms with Crippen molar-refractivity contribution in [1.82, 2.24) is 15.1 Å². The molecule has 5 heteroatoms. The number of methoxy groups -OCH3 is 1. The first-order valence-electron chi connectivity index (χ1n) is 6.51. The lowest BCUT2D eigenvalue weighted by molar-refractivity contribution is 0.411. The minimum atomic E-state index is 0.776. The molecule has 1 aromatic heterocycles. The van der Waals surface area contributed by atoms with Gasteiger partial charge >= 0.3 is 0 Å². The van der Waals surface area contributed by atoms with Gasteiger partial charge in [0.05, 0.1) is 17.3 Å². The molecule has 0 fully saturated rings. The van der Waals surface area contributed by atoms with Crippen LogP contribution >= 0.6 is 15.9 Å². The predicted octanol–water partition coefficient (Wildman–Crippen LogP) is 3.19. The van der Waals surface area contributed by atoms with Crippen molar-refractivity contribution in [2.75, 3.05) is 14.2 Å². The number of rotatable bonds is 4. The molecule has 0 saturated carbocycles. The molecule has 0 amide bonds. The van der Waals surface area contributed by atoms with Crippen molar-refractivity contribution < 1.29 is 4.74 Å². The molecule has 4 nitrogen and oxygen atoms in total. The lowest BCUT2D eigenvalue weighted by atomic mass is 10.00. The zero-order valence-corrected chi connectivity index (χ0v) is 14.1. The Labute approximate surface area is 128 Å². The summed E-state index contributed by atoms with van der Waals surface area (Å²) in [6.07, 6.45) is 0. The summed E-state index contributed by atoms with van der Waals surface area (Å²) < 4.78 is 8.32. The highest BCUT2D eigenvalue weighted by molar-refractivity contribution is 9.10. The van der Waals surface area contributed by atoms with Crippen LogP contribution < -0.4 is 10.1 Å². The Hall–Kier alpha value is -1.33. The van der Waals surface area contributed by atoms with Crippen molar-refractivity contribution in [3.63, 3.8) is 0 Å². The van der Waals surface area contributed by atoms with Crippen LogP contribution in [0.25, 0.3) is 11.3 Å². The molecule has 1 N–H and O–H groups in total. The van der Waals surface area contributed by atoms with Crippen molar-refractivity contribution in [2.45, 2.75) is 20.4 Å². The van der Waals surface area contributed by atoms with Crippen LogP contribution in [0, 0.1) is 13.8 Å². The first-order valence-corrected chi connectivity index (χ1v) is 7.31. The first-order chi connectivity index (χ1) is 9.51. The van der Waals surface area contributed by atoms with Crippen molar-refractivity contribution in [1.29, 1.82) is 0 Å². The average Bonchev–Trinajstić information content (AvgIpc) is 2.70. The van der Waals surface area contributed by atoms with Crippen molar-refractivity contribution in [3.8, 4) is 17.0 Å². The molecule has 0 atom stereocenters. The van der Waals surface area contributed by atoms with Crippen molar-refractivity contribution in [2.24, 2.45) is 7.05 Å². The van der Waals surface area contributed by atoms with Gasteiger partial charge in [0, 0.05) is 19.2 Å². The number of ether oxygens (including phenoxy) is 1. The van der Waals surface area contributed by atoms with Crippen LogP contribution in [-0.4, -0.2) is 23.9 Å². The molecule has 0 unspecified atom stereocenters. The molecule has 0 bridgehead atoms. The molecule has 0 radical (unpaired) electrons. The second-order valence-corrected chi connectivity index (χ2v) is 5.62. The number of nitrogens with zero attached hydrogens (tertiary/aromatic N) is 2. The van der Waals surface area contributed by atoms with Gasteiger partial charge in [-0.1, -0.05) is 0 Å². The van der Waals surface area contributed by atoms with Crippen molar-refractivity contribution >= 4 is 15.9 Å². The third-order valence-electron chi connectivity index (χ3n) is 3.66. The second-order valence-electron chi connectivity index (χ2n) is 4.83. The molecule has 1 aromatic carbocycles. The van der Waals surface area contributed by atoms with Crippen LogP contribution in [0.1, 0.15) is 16.8 Å². The Morgan fingerprint density at radius 3 is 2.60 bits per heavy atom. The van der Waals surface area contributed by atoms with Crippen molar-refractivity contribution in [3.05, 3.63) is 33.4 Å². The summed E-state index contributed by atoms with van der Waals surface area (Å²) in [6.45, 7) is 4.95. The molecule has 0 aliphatic rings. The fraction of sp³-hybridized carbons (Fsp3) is 0.400. The number of aryl methyl sites for hydroxylation is 1. The van der Waals surface area contributed by atoms with Gasteiger partial charge in [0.25, 0.3) is 0 Å². The van der Waals surface area contributed by atoms with E-state index in [4.69, 9.17) is 4.74 Å². The summed E-state index contributed by atoms with van der Waals surface area (Å²) in [5.41, 5.74) is 5.58. The summed E-state index contributed by atoms with van der Waals surface area (Å²) in [6, 6.07) is 4.06. The van der Waals surface area contributed by atoms with Gasteiger partial charge in [-0.15, -0.1) is 0 Å². The first kappa shape index (κ1) is 15.1. The van der Waals surface area contributed by atoms with Crippen LogP contribution in [0.2, 0.25) is 0 Å². The number of hydrogen-bond acceptors (Lipinski definition) is 3. The lowest BCUT2D eigenvalue weighted by Crippen LogP contribution is -2.10. The van der Waals surface area contributed by atoms with Gasteiger partial charge in [-0.05, 0) is 60.1 Å². The Morgan fingerprint density at radius 1 is 1.30 bits per heavy atom. The summed E-state index contributed by atoms with van der Waals surface area (Å²) in [5, 5.41) is 7.81. The molecule has 1 heterocycles. The number of hydrogen-bond donors (Lipinski definition) is 1. The monoisotopic (exact) mass is 337 g/mol. The maximum atomic E-state index is 5.37. The summed E-state index contributed by atoms with van der Waals surface area (Å²) >= 11 is 3.68. The summed E-state index contributed by atoms with van der Waals surface area (Å²) in [5.74, 6) is 0.911. The van der Waals surface area contributed by atoms with Gasteiger partial charge in [-0.2, -0.15) is 5.10 Å². The normalized spacial score (nSPS) is 10.9. The highest BCUT2D eigenvalue weighted by atomic mass is 79.9. The Morgan fingerprint density at radius 2 is 2.00 bits per heavy atom. The quantitative estimate of drug-likeness (QED) is 0.931. The highest BCUT2D eigenvalue weighted by Gasteiger charge is 2.18. The van der Waals surface area contributed by atoms with Gasteiger partial charge in [-0.3, -0.25) is 4.68 Å². The maximum Gasteiger partial charge on any atom is 0.122 e. The topological polar surface area (TPSA) is 39.1 Å². The van der Waals surface area contributed by atoms with Gasteiger partial charge in [-0.25, -0.2) is 0 Å². The van der Waals surface area contributed by atoms with Gasteiger partial charge < -0.3 is 10.1 Å². The van der Waals surface area contributed by atoms with E-state index in [1.165, 1.54) is 5.56 Å². The van der Waals surface area contributed by atoms with E-state index in [2.05, 4.69) is 46.3 Å². The molecule has 2 rings (SSSR count). The van der Waals surface area contributed by atoms with Gasteiger partial charge in [0.15, 0.2) is 0 Å². The molecule has 108 valence electrons. The molecule has 0 spiro atoms. The Kier molecular flexibility index (Phi) is 4.50. The SMILES string of the molecule is CNCc1c(Br)c(-c2ccc(OC)c(C)c2C)nn1C. The number of benzene rings is 1. The van der Waals surface area contributed by atoms with Crippen LogP contribution in [0.15, 0.2) is 16.6 Å². The number of halogens is 1. The standard InChI is InChI=1S/C15H20BrN3O/c1-9-10(2)13(20-5)7-6-11(9)15-14(16)12(8-17-3)19(4)18-15/h6-7,17H,8H2,1-5H3. The van der Waals surface area contributed by atoms with Gasteiger partial charge in [0.1, 0.15) is 11.4 Å². The summed E-state index contributed by atoms with van der Waals surface area (Å²) in [4.78, 5) is 0. The Bertz CT molecular complexity index is 635. The van der Waals surface area contributed by atoms with Crippen LogP contribution in [0.4, 0.5) is 0 Å². The van der Waals surface area contributed by atoms with Crippen LogP contribution in [0.3, 0.4) is 0 Å². The van der Waals surface area contributed by atoms with E-state index in [1.807, 2.05) is 24.8 Å². The zero-order valence-electron chi connectivity index (χ0n) is 12.5. The highest BCUT2D eigenvalue weighted by Crippen LogP contribution is 2.35. The molecule has 0 aliphatic carbocycles. The van der Waals surface area contributed by atoms with Crippen LogP contribution in [0.5, 0.6) is 5.75 Å². The van der Waals surface area contributed by atoms with E-state index in [0.717, 1.165) is 39.3 Å². The van der Waals surface area contributed by atoms with Crippen LogP contribution in [-0.2, 0) is 13.6 Å². The van der Waals surface area contributed by atoms with E-state index in [0.29, 0.717) is 0 Å². The van der Waals surface area contributed by atoms with E-state index >= 15 is 0 Å². The third-order valence-corrected chi connectivity index (χ3v) is 4.49.